The lowest BCUT2D eigenvalue weighted by atomic mass is 10.1. The summed E-state index contributed by atoms with van der Waals surface area (Å²) in [6.07, 6.45) is -4.12. The molecule has 2 rings (SSSR count). The van der Waals surface area contributed by atoms with Gasteiger partial charge in [0.1, 0.15) is 0 Å². The first-order valence-corrected chi connectivity index (χ1v) is 5.87. The van der Waals surface area contributed by atoms with Crippen molar-refractivity contribution < 1.29 is 31.9 Å². The third kappa shape index (κ3) is 3.29. The van der Waals surface area contributed by atoms with Crippen LogP contribution in [-0.4, -0.2) is 17.5 Å². The molecule has 1 fully saturated rings. The molecule has 1 N–H and O–H groups in total. The Kier molecular flexibility index (Phi) is 3.71. The summed E-state index contributed by atoms with van der Waals surface area (Å²) in [6.45, 7) is 0. The molecule has 4 nitrogen and oxygen atoms in total. The van der Waals surface area contributed by atoms with E-state index in [0.717, 1.165) is 24.3 Å². The summed E-state index contributed by atoms with van der Waals surface area (Å²) in [4.78, 5) is 22.1. The van der Waals surface area contributed by atoms with Crippen LogP contribution in [0.5, 0.6) is 5.75 Å². The lowest BCUT2D eigenvalue weighted by Gasteiger charge is -2.12. The Labute approximate surface area is 113 Å². The number of amides is 2. The summed E-state index contributed by atoms with van der Waals surface area (Å²) in [5, 5.41) is 1.27. The fourth-order valence-electron chi connectivity index (χ4n) is 1.42. The largest absolute Gasteiger partial charge is 0.573 e. The summed E-state index contributed by atoms with van der Waals surface area (Å²) < 4.78 is 53.6. The molecular formula is C11H5F4NO3S. The first kappa shape index (κ1) is 14.4. The second-order valence-corrected chi connectivity index (χ2v) is 4.57. The van der Waals surface area contributed by atoms with Crippen LogP contribution >= 0.6 is 11.8 Å². The van der Waals surface area contributed by atoms with Gasteiger partial charge in [0, 0.05) is 5.56 Å². The van der Waals surface area contributed by atoms with E-state index in [9.17, 15) is 27.2 Å². The van der Waals surface area contributed by atoms with Gasteiger partial charge in [-0.25, -0.2) is 4.39 Å². The number of carbonyl (C=O) groups is 2. The molecule has 1 saturated heterocycles. The van der Waals surface area contributed by atoms with Crippen LogP contribution < -0.4 is 10.1 Å². The Bertz CT molecular complexity index is 612. The zero-order valence-corrected chi connectivity index (χ0v) is 10.3. The van der Waals surface area contributed by atoms with E-state index in [-0.39, 0.29) is 10.5 Å². The minimum atomic E-state index is -5.07. The Morgan fingerprint density at radius 3 is 2.50 bits per heavy atom. The highest BCUT2D eigenvalue weighted by Crippen LogP contribution is 2.33. The molecule has 1 aromatic rings. The lowest BCUT2D eigenvalue weighted by Crippen LogP contribution is -2.19. The Morgan fingerprint density at radius 1 is 1.25 bits per heavy atom. The Hall–Kier alpha value is -2.03. The predicted octanol–water partition coefficient (Wildman–Crippen LogP) is 3.05. The van der Waals surface area contributed by atoms with Crippen molar-refractivity contribution in [2.45, 2.75) is 6.36 Å². The number of benzene rings is 1. The quantitative estimate of drug-likeness (QED) is 0.674. The fraction of sp³-hybridized carbons (Fsp3) is 0.0909. The van der Waals surface area contributed by atoms with Gasteiger partial charge in [-0.15, -0.1) is 13.2 Å². The number of halogens is 4. The van der Waals surface area contributed by atoms with Gasteiger partial charge in [0.15, 0.2) is 11.6 Å². The van der Waals surface area contributed by atoms with Crippen molar-refractivity contribution >= 4 is 29.0 Å². The van der Waals surface area contributed by atoms with Crippen LogP contribution in [-0.2, 0) is 4.79 Å². The second kappa shape index (κ2) is 5.16. The molecule has 0 bridgehead atoms. The van der Waals surface area contributed by atoms with Gasteiger partial charge >= 0.3 is 6.36 Å². The van der Waals surface area contributed by atoms with Crippen molar-refractivity contribution in [3.05, 3.63) is 34.5 Å². The molecule has 0 atom stereocenters. The molecule has 0 unspecified atom stereocenters. The molecule has 1 heterocycles. The molecule has 2 amide bonds. The van der Waals surface area contributed by atoms with Gasteiger partial charge in [-0.2, -0.15) is 0 Å². The van der Waals surface area contributed by atoms with Crippen LogP contribution in [0.25, 0.3) is 6.08 Å². The molecule has 1 aliphatic rings. The van der Waals surface area contributed by atoms with Crippen molar-refractivity contribution in [2.24, 2.45) is 0 Å². The number of alkyl halides is 3. The van der Waals surface area contributed by atoms with Gasteiger partial charge in [-0.1, -0.05) is 12.1 Å². The number of rotatable bonds is 2. The summed E-state index contributed by atoms with van der Waals surface area (Å²) >= 11 is 0.503. The van der Waals surface area contributed by atoms with Gasteiger partial charge < -0.3 is 4.74 Å². The van der Waals surface area contributed by atoms with Crippen LogP contribution in [0.15, 0.2) is 23.1 Å². The molecule has 20 heavy (non-hydrogen) atoms. The zero-order valence-electron chi connectivity index (χ0n) is 9.45. The lowest BCUT2D eigenvalue weighted by molar-refractivity contribution is -0.275. The number of ether oxygens (including phenoxy) is 1. The van der Waals surface area contributed by atoms with E-state index < -0.39 is 29.1 Å². The highest BCUT2D eigenvalue weighted by molar-refractivity contribution is 8.18. The number of hydrogen-bond donors (Lipinski definition) is 1. The van der Waals surface area contributed by atoms with Gasteiger partial charge in [0.05, 0.1) is 4.91 Å². The van der Waals surface area contributed by atoms with Crippen LogP contribution in [0.4, 0.5) is 22.4 Å². The number of thioether (sulfide) groups is 1. The molecule has 106 valence electrons. The Balaban J connectivity index is 2.42. The average Bonchev–Trinajstić information content (AvgIpc) is 2.61. The normalized spacial score (nSPS) is 17.5. The first-order chi connectivity index (χ1) is 9.26. The zero-order chi connectivity index (χ0) is 14.9. The average molecular weight is 307 g/mol. The Morgan fingerprint density at radius 2 is 1.95 bits per heavy atom. The van der Waals surface area contributed by atoms with Crippen LogP contribution in [0.3, 0.4) is 0 Å². The molecule has 1 aromatic carbocycles. The minimum Gasteiger partial charge on any atom is -0.402 e. The van der Waals surface area contributed by atoms with E-state index >= 15 is 0 Å². The second-order valence-electron chi connectivity index (χ2n) is 3.56. The maximum absolute atomic E-state index is 13.4. The van der Waals surface area contributed by atoms with E-state index in [4.69, 9.17) is 0 Å². The van der Waals surface area contributed by atoms with Crippen molar-refractivity contribution in [1.82, 2.24) is 5.32 Å². The first-order valence-electron chi connectivity index (χ1n) is 5.05. The van der Waals surface area contributed by atoms with Gasteiger partial charge in [-0.05, 0) is 23.9 Å². The number of hydrogen-bond acceptors (Lipinski definition) is 4. The highest BCUT2D eigenvalue weighted by atomic mass is 32.2. The van der Waals surface area contributed by atoms with Crippen molar-refractivity contribution in [3.63, 3.8) is 0 Å². The van der Waals surface area contributed by atoms with Crippen molar-refractivity contribution in [1.29, 1.82) is 0 Å². The molecule has 0 radical (unpaired) electrons. The van der Waals surface area contributed by atoms with Gasteiger partial charge in [0.25, 0.3) is 11.1 Å². The molecular weight excluding hydrogens is 302 g/mol. The van der Waals surface area contributed by atoms with Crippen molar-refractivity contribution in [2.75, 3.05) is 0 Å². The summed E-state index contributed by atoms with van der Waals surface area (Å²) in [5.74, 6) is -3.05. The minimum absolute atomic E-state index is 0.146. The molecule has 0 spiro atoms. The number of nitrogens with one attached hydrogen (secondary N) is 1. The molecule has 0 saturated carbocycles. The fourth-order valence-corrected chi connectivity index (χ4v) is 2.10. The number of para-hydroxylation sites is 1. The van der Waals surface area contributed by atoms with Gasteiger partial charge in [0.2, 0.25) is 0 Å². The van der Waals surface area contributed by atoms with E-state index in [1.54, 1.807) is 0 Å². The monoisotopic (exact) mass is 307 g/mol. The summed E-state index contributed by atoms with van der Waals surface area (Å²) in [5.41, 5.74) is -0.297. The van der Waals surface area contributed by atoms with E-state index in [2.05, 4.69) is 4.74 Å². The standard InChI is InChI=1S/C11H5F4NO3S/c12-6-3-1-2-5(8(6)19-11(13,14)15)4-7-9(17)16-10(18)20-7/h1-4H,(H,16,17,18)/b7-4+. The van der Waals surface area contributed by atoms with Crippen LogP contribution in [0.1, 0.15) is 5.56 Å². The SMILES string of the molecule is O=C1NC(=O)/C(=C\c2cccc(F)c2OC(F)(F)F)S1. The predicted molar refractivity (Wildman–Crippen MR) is 62.2 cm³/mol. The van der Waals surface area contributed by atoms with E-state index in [1.807, 2.05) is 5.32 Å². The van der Waals surface area contributed by atoms with Crippen LogP contribution in [0.2, 0.25) is 0 Å². The summed E-state index contributed by atoms with van der Waals surface area (Å²) in [7, 11) is 0. The summed E-state index contributed by atoms with van der Waals surface area (Å²) in [6, 6.07) is 3.08. The molecule has 1 aliphatic heterocycles. The van der Waals surface area contributed by atoms with Crippen molar-refractivity contribution in [3.8, 4) is 5.75 Å². The third-order valence-corrected chi connectivity index (χ3v) is 2.95. The number of carbonyl (C=O) groups excluding carboxylic acids is 2. The topological polar surface area (TPSA) is 55.4 Å². The van der Waals surface area contributed by atoms with Gasteiger partial charge in [-0.3, -0.25) is 14.9 Å². The molecule has 9 heteroatoms. The van der Waals surface area contributed by atoms with Crippen LogP contribution in [0, 0.1) is 5.82 Å². The molecule has 0 aromatic heterocycles. The van der Waals surface area contributed by atoms with E-state index in [1.165, 1.54) is 0 Å². The maximum atomic E-state index is 13.4. The smallest absolute Gasteiger partial charge is 0.402 e. The third-order valence-electron chi connectivity index (χ3n) is 2.14. The maximum Gasteiger partial charge on any atom is 0.573 e. The number of imide groups is 1. The molecule has 0 aliphatic carbocycles. The van der Waals surface area contributed by atoms with E-state index in [0.29, 0.717) is 11.8 Å². The highest BCUT2D eigenvalue weighted by Gasteiger charge is 2.34.